The molecule has 0 spiro atoms. The van der Waals surface area contributed by atoms with Crippen LogP contribution >= 0.6 is 11.3 Å². The van der Waals surface area contributed by atoms with E-state index in [4.69, 9.17) is 0 Å². The lowest BCUT2D eigenvalue weighted by Crippen LogP contribution is -3.05. The number of benzene rings is 1. The molecule has 4 nitrogen and oxygen atoms in total. The predicted molar refractivity (Wildman–Crippen MR) is 98.4 cm³/mol. The van der Waals surface area contributed by atoms with E-state index in [1.165, 1.54) is 15.3 Å². The number of nitrogens with one attached hydrogen (secondary N) is 2. The Kier molecular flexibility index (Phi) is 4.88. The van der Waals surface area contributed by atoms with Crippen LogP contribution in [0.4, 0.5) is 5.82 Å². The lowest BCUT2D eigenvalue weighted by Gasteiger charge is -2.09. The zero-order chi connectivity index (χ0) is 16.2. The summed E-state index contributed by atoms with van der Waals surface area (Å²) in [6.07, 6.45) is 1.13. The van der Waals surface area contributed by atoms with E-state index >= 15 is 0 Å². The van der Waals surface area contributed by atoms with Gasteiger partial charge in [0.2, 0.25) is 0 Å². The van der Waals surface area contributed by atoms with Crippen LogP contribution in [0.2, 0.25) is 0 Å². The van der Waals surface area contributed by atoms with Crippen molar-refractivity contribution >= 4 is 27.4 Å². The normalized spacial score (nSPS) is 11.3. The average molecular weight is 327 g/mol. The monoisotopic (exact) mass is 327 g/mol. The predicted octanol–water partition coefficient (Wildman–Crippen LogP) is 2.61. The van der Waals surface area contributed by atoms with E-state index in [1.807, 2.05) is 13.0 Å². The molecule has 2 aromatic heterocycles. The van der Waals surface area contributed by atoms with E-state index in [-0.39, 0.29) is 0 Å². The summed E-state index contributed by atoms with van der Waals surface area (Å²) in [7, 11) is 4.36. The fourth-order valence-corrected chi connectivity index (χ4v) is 3.64. The Morgan fingerprint density at radius 2 is 1.91 bits per heavy atom. The third kappa shape index (κ3) is 3.86. The zero-order valence-corrected chi connectivity index (χ0v) is 14.7. The maximum absolute atomic E-state index is 4.60. The molecule has 0 unspecified atom stereocenters. The van der Waals surface area contributed by atoms with Gasteiger partial charge >= 0.3 is 0 Å². The van der Waals surface area contributed by atoms with Crippen molar-refractivity contribution in [2.75, 3.05) is 32.5 Å². The molecule has 120 valence electrons. The Morgan fingerprint density at radius 3 is 2.65 bits per heavy atom. The third-order valence-corrected chi connectivity index (χ3v) is 4.79. The molecule has 0 aliphatic heterocycles. The number of aryl methyl sites for hydroxylation is 1. The molecule has 0 aliphatic carbocycles. The van der Waals surface area contributed by atoms with Gasteiger partial charge < -0.3 is 10.2 Å². The minimum Gasteiger partial charge on any atom is -0.369 e. The average Bonchev–Trinajstić information content (AvgIpc) is 2.96. The number of anilines is 1. The number of aromatic nitrogens is 2. The molecular formula is C18H23N4S+. The molecule has 0 atom stereocenters. The first kappa shape index (κ1) is 15.9. The Labute approximate surface area is 141 Å². The minimum atomic E-state index is 0.819. The highest BCUT2D eigenvalue weighted by atomic mass is 32.1. The van der Waals surface area contributed by atoms with Crippen molar-refractivity contribution < 1.29 is 4.90 Å². The first-order chi connectivity index (χ1) is 11.1. The van der Waals surface area contributed by atoms with Gasteiger partial charge in [-0.15, -0.1) is 11.3 Å². The molecule has 2 heterocycles. The first-order valence-electron chi connectivity index (χ1n) is 8.00. The SMILES string of the molecule is Cc1nc(NCCC[NH+](C)C)c2cc(-c3ccccc3)sc2n1. The lowest BCUT2D eigenvalue weighted by atomic mass is 10.2. The van der Waals surface area contributed by atoms with Crippen molar-refractivity contribution in [2.24, 2.45) is 0 Å². The summed E-state index contributed by atoms with van der Waals surface area (Å²) >= 11 is 1.73. The summed E-state index contributed by atoms with van der Waals surface area (Å²) in [6.45, 7) is 4.04. The molecule has 23 heavy (non-hydrogen) atoms. The molecular weight excluding hydrogens is 304 g/mol. The standard InChI is InChI=1S/C18H22N4S/c1-13-20-17(19-10-7-11-22(2)3)15-12-16(23-18(15)21-13)14-8-5-4-6-9-14/h4-6,8-9,12H,7,10-11H2,1-3H3,(H,19,20,21)/p+1. The number of rotatable bonds is 6. The van der Waals surface area contributed by atoms with Crippen molar-refractivity contribution in [1.82, 2.24) is 9.97 Å². The smallest absolute Gasteiger partial charge is 0.138 e. The number of hydrogen-bond acceptors (Lipinski definition) is 4. The maximum atomic E-state index is 4.60. The first-order valence-corrected chi connectivity index (χ1v) is 8.81. The molecule has 0 bridgehead atoms. The van der Waals surface area contributed by atoms with E-state index in [1.54, 1.807) is 11.3 Å². The van der Waals surface area contributed by atoms with E-state index in [0.29, 0.717) is 0 Å². The van der Waals surface area contributed by atoms with Gasteiger partial charge in [-0.3, -0.25) is 0 Å². The summed E-state index contributed by atoms with van der Waals surface area (Å²) in [5, 5.41) is 4.61. The van der Waals surface area contributed by atoms with Gasteiger partial charge in [-0.25, -0.2) is 9.97 Å². The molecule has 3 aromatic rings. The van der Waals surface area contributed by atoms with Crippen molar-refractivity contribution in [1.29, 1.82) is 0 Å². The lowest BCUT2D eigenvalue weighted by molar-refractivity contribution is -0.858. The van der Waals surface area contributed by atoms with Crippen molar-refractivity contribution in [3.8, 4) is 10.4 Å². The van der Waals surface area contributed by atoms with Crippen LogP contribution in [0.3, 0.4) is 0 Å². The number of thiophene rings is 1. The van der Waals surface area contributed by atoms with Crippen LogP contribution < -0.4 is 10.2 Å². The summed E-state index contributed by atoms with van der Waals surface area (Å²) < 4.78 is 0. The van der Waals surface area contributed by atoms with Gasteiger partial charge in [-0.2, -0.15) is 0 Å². The molecule has 0 saturated heterocycles. The van der Waals surface area contributed by atoms with Gasteiger partial charge in [0, 0.05) is 17.8 Å². The fourth-order valence-electron chi connectivity index (χ4n) is 2.56. The summed E-state index contributed by atoms with van der Waals surface area (Å²) in [5.74, 6) is 1.78. The highest BCUT2D eigenvalue weighted by Crippen LogP contribution is 2.35. The maximum Gasteiger partial charge on any atom is 0.138 e. The number of hydrogen-bond donors (Lipinski definition) is 2. The largest absolute Gasteiger partial charge is 0.369 e. The molecule has 1 aromatic carbocycles. The molecule has 0 fully saturated rings. The zero-order valence-electron chi connectivity index (χ0n) is 13.9. The molecule has 0 aliphatic rings. The van der Waals surface area contributed by atoms with E-state index in [2.05, 4.69) is 59.7 Å². The molecule has 3 rings (SSSR count). The summed E-state index contributed by atoms with van der Waals surface area (Å²) in [6, 6.07) is 12.7. The van der Waals surface area contributed by atoms with Crippen LogP contribution in [0, 0.1) is 6.92 Å². The van der Waals surface area contributed by atoms with Crippen LogP contribution in [0.1, 0.15) is 12.2 Å². The van der Waals surface area contributed by atoms with Crippen molar-refractivity contribution in [3.63, 3.8) is 0 Å². The molecule has 0 saturated carbocycles. The van der Waals surface area contributed by atoms with E-state index < -0.39 is 0 Å². The van der Waals surface area contributed by atoms with Crippen LogP contribution in [0.5, 0.6) is 0 Å². The fraction of sp³-hybridized carbons (Fsp3) is 0.333. The van der Waals surface area contributed by atoms with E-state index in [0.717, 1.165) is 41.4 Å². The minimum absolute atomic E-state index is 0.819. The van der Waals surface area contributed by atoms with Crippen LogP contribution in [0.25, 0.3) is 20.7 Å². The van der Waals surface area contributed by atoms with Gasteiger partial charge in [-0.1, -0.05) is 30.3 Å². The van der Waals surface area contributed by atoms with E-state index in [9.17, 15) is 0 Å². The second-order valence-electron chi connectivity index (χ2n) is 6.05. The number of quaternary nitrogens is 1. The topological polar surface area (TPSA) is 42.2 Å². The quantitative estimate of drug-likeness (QED) is 0.684. The highest BCUT2D eigenvalue weighted by Gasteiger charge is 2.11. The van der Waals surface area contributed by atoms with Gasteiger partial charge in [0.15, 0.2) is 0 Å². The van der Waals surface area contributed by atoms with Gasteiger partial charge in [-0.05, 0) is 18.6 Å². The Hall–Kier alpha value is -1.98. The number of fused-ring (bicyclic) bond motifs is 1. The highest BCUT2D eigenvalue weighted by molar-refractivity contribution is 7.21. The molecule has 5 heteroatoms. The van der Waals surface area contributed by atoms with Gasteiger partial charge in [0.05, 0.1) is 26.0 Å². The van der Waals surface area contributed by atoms with Crippen LogP contribution in [-0.4, -0.2) is 37.2 Å². The second-order valence-corrected chi connectivity index (χ2v) is 7.08. The summed E-state index contributed by atoms with van der Waals surface area (Å²) in [5.41, 5.74) is 1.23. The molecule has 0 amide bonds. The Balaban J connectivity index is 1.87. The van der Waals surface area contributed by atoms with Crippen LogP contribution in [-0.2, 0) is 0 Å². The third-order valence-electron chi connectivity index (χ3n) is 3.71. The Morgan fingerprint density at radius 1 is 1.13 bits per heavy atom. The number of nitrogens with zero attached hydrogens (tertiary/aromatic N) is 2. The van der Waals surface area contributed by atoms with Gasteiger partial charge in [0.1, 0.15) is 16.5 Å². The van der Waals surface area contributed by atoms with Crippen LogP contribution in [0.15, 0.2) is 36.4 Å². The van der Waals surface area contributed by atoms with Crippen molar-refractivity contribution in [3.05, 3.63) is 42.2 Å². The summed E-state index contributed by atoms with van der Waals surface area (Å²) in [4.78, 5) is 13.0. The molecule has 0 radical (unpaired) electrons. The van der Waals surface area contributed by atoms with Gasteiger partial charge in [0.25, 0.3) is 0 Å². The molecule has 2 N–H and O–H groups in total. The Bertz CT molecular complexity index is 780. The second kappa shape index (κ2) is 7.06. The van der Waals surface area contributed by atoms with Crippen molar-refractivity contribution in [2.45, 2.75) is 13.3 Å².